The summed E-state index contributed by atoms with van der Waals surface area (Å²) in [5, 5.41) is 9.11. The highest BCUT2D eigenvalue weighted by molar-refractivity contribution is 7.87. The molecule has 1 aliphatic heterocycles. The lowest BCUT2D eigenvalue weighted by atomic mass is 10.0. The summed E-state index contributed by atoms with van der Waals surface area (Å²) < 4.78 is 28.5. The van der Waals surface area contributed by atoms with Crippen LogP contribution in [0, 0.1) is 11.8 Å². The molecule has 2 rings (SSSR count). The van der Waals surface area contributed by atoms with Crippen LogP contribution < -0.4 is 4.72 Å². The Balaban J connectivity index is 1.93. The maximum absolute atomic E-state index is 12.1. The number of piperidine rings is 1. The quantitative estimate of drug-likeness (QED) is 0.750. The van der Waals surface area contributed by atoms with E-state index in [1.165, 1.54) is 4.31 Å². The summed E-state index contributed by atoms with van der Waals surface area (Å²) in [4.78, 5) is 0. The lowest BCUT2D eigenvalue weighted by molar-refractivity contribution is 0.164. The predicted molar refractivity (Wildman–Crippen MR) is 65.6 cm³/mol. The van der Waals surface area contributed by atoms with Crippen LogP contribution in [0.25, 0.3) is 0 Å². The van der Waals surface area contributed by atoms with E-state index >= 15 is 0 Å². The van der Waals surface area contributed by atoms with Gasteiger partial charge in [0.1, 0.15) is 0 Å². The Labute approximate surface area is 103 Å². The van der Waals surface area contributed by atoms with Gasteiger partial charge in [0.2, 0.25) is 0 Å². The van der Waals surface area contributed by atoms with Gasteiger partial charge in [-0.25, -0.2) is 0 Å². The molecule has 100 valence electrons. The molecule has 1 aliphatic carbocycles. The number of hydrogen-bond acceptors (Lipinski definition) is 3. The van der Waals surface area contributed by atoms with Gasteiger partial charge in [-0.15, -0.1) is 0 Å². The molecule has 0 bridgehead atoms. The second-order valence-corrected chi connectivity index (χ2v) is 7.00. The molecule has 1 saturated heterocycles. The van der Waals surface area contributed by atoms with Gasteiger partial charge in [0.25, 0.3) is 10.2 Å². The van der Waals surface area contributed by atoms with E-state index in [1.807, 2.05) is 6.92 Å². The highest BCUT2D eigenvalue weighted by Crippen LogP contribution is 2.33. The third-order valence-corrected chi connectivity index (χ3v) is 5.42. The molecule has 0 spiro atoms. The van der Waals surface area contributed by atoms with E-state index in [2.05, 4.69) is 4.72 Å². The zero-order chi connectivity index (χ0) is 12.5. The van der Waals surface area contributed by atoms with E-state index in [9.17, 15) is 8.42 Å². The molecule has 5 nitrogen and oxygen atoms in total. The fourth-order valence-corrected chi connectivity index (χ4v) is 3.98. The molecule has 1 heterocycles. The molecule has 2 atom stereocenters. The molecule has 2 unspecified atom stereocenters. The van der Waals surface area contributed by atoms with Crippen LogP contribution in [0.15, 0.2) is 0 Å². The van der Waals surface area contributed by atoms with Crippen LogP contribution in [0.5, 0.6) is 0 Å². The summed E-state index contributed by atoms with van der Waals surface area (Å²) in [7, 11) is -3.36. The summed E-state index contributed by atoms with van der Waals surface area (Å²) in [6.45, 7) is 3.03. The van der Waals surface area contributed by atoms with Gasteiger partial charge in [-0.1, -0.05) is 0 Å². The third kappa shape index (κ3) is 3.40. The van der Waals surface area contributed by atoms with Crippen molar-refractivity contribution in [2.24, 2.45) is 11.8 Å². The Hall–Kier alpha value is -0.170. The molecule has 0 aromatic heterocycles. The highest BCUT2D eigenvalue weighted by Gasteiger charge is 2.34. The number of hydrogen-bond donors (Lipinski definition) is 2. The Morgan fingerprint density at radius 3 is 2.71 bits per heavy atom. The van der Waals surface area contributed by atoms with Gasteiger partial charge in [-0.2, -0.15) is 17.4 Å². The van der Waals surface area contributed by atoms with Crippen LogP contribution in [-0.2, 0) is 10.2 Å². The van der Waals surface area contributed by atoms with Crippen molar-refractivity contribution >= 4 is 10.2 Å². The fraction of sp³-hybridized carbons (Fsp3) is 1.00. The van der Waals surface area contributed by atoms with Gasteiger partial charge in [0, 0.05) is 25.7 Å². The molecular weight excluding hydrogens is 240 g/mol. The minimum absolute atomic E-state index is 0.0366. The average molecular weight is 262 g/mol. The van der Waals surface area contributed by atoms with E-state index in [1.54, 1.807) is 0 Å². The molecule has 2 aliphatic rings. The smallest absolute Gasteiger partial charge is 0.279 e. The third-order valence-electron chi connectivity index (χ3n) is 3.74. The first kappa shape index (κ1) is 13.3. The Kier molecular flexibility index (Phi) is 4.07. The fourth-order valence-electron chi connectivity index (χ4n) is 2.40. The molecule has 6 heteroatoms. The molecular formula is C11H22N2O3S. The summed E-state index contributed by atoms with van der Waals surface area (Å²) in [6, 6.07) is 0.0366. The molecule has 0 aromatic rings. The topological polar surface area (TPSA) is 69.6 Å². The van der Waals surface area contributed by atoms with Crippen LogP contribution in [0.3, 0.4) is 0 Å². The SMILES string of the molecule is CC(NS(=O)(=O)N1CCCC(CO)C1)C1CC1. The molecule has 1 saturated carbocycles. The summed E-state index contributed by atoms with van der Waals surface area (Å²) >= 11 is 0. The van der Waals surface area contributed by atoms with Crippen LogP contribution >= 0.6 is 0 Å². The van der Waals surface area contributed by atoms with Crippen molar-refractivity contribution in [1.29, 1.82) is 0 Å². The Bertz CT molecular complexity index is 354. The standard InChI is InChI=1S/C11H22N2O3S/c1-9(11-4-5-11)12-17(15,16)13-6-2-3-10(7-13)8-14/h9-12,14H,2-8H2,1H3. The van der Waals surface area contributed by atoms with Crippen LogP contribution in [-0.4, -0.2) is 43.6 Å². The minimum Gasteiger partial charge on any atom is -0.396 e. The minimum atomic E-state index is -3.36. The molecule has 0 aromatic carbocycles. The molecule has 2 N–H and O–H groups in total. The molecule has 0 amide bonds. The molecule has 17 heavy (non-hydrogen) atoms. The van der Waals surface area contributed by atoms with Gasteiger partial charge in [-0.05, 0) is 44.4 Å². The number of nitrogens with one attached hydrogen (secondary N) is 1. The van der Waals surface area contributed by atoms with Crippen molar-refractivity contribution in [3.63, 3.8) is 0 Å². The maximum atomic E-state index is 12.1. The van der Waals surface area contributed by atoms with Crippen molar-refractivity contribution in [3.8, 4) is 0 Å². The van der Waals surface area contributed by atoms with E-state index in [0.717, 1.165) is 25.7 Å². The predicted octanol–water partition coefficient (Wildman–Crippen LogP) is 0.324. The van der Waals surface area contributed by atoms with Crippen molar-refractivity contribution in [3.05, 3.63) is 0 Å². The monoisotopic (exact) mass is 262 g/mol. The van der Waals surface area contributed by atoms with E-state index in [4.69, 9.17) is 5.11 Å². The summed E-state index contributed by atoms with van der Waals surface area (Å²) in [5.41, 5.74) is 0. The van der Waals surface area contributed by atoms with E-state index in [0.29, 0.717) is 19.0 Å². The van der Waals surface area contributed by atoms with Gasteiger partial charge in [0.05, 0.1) is 0 Å². The Morgan fingerprint density at radius 2 is 2.12 bits per heavy atom. The van der Waals surface area contributed by atoms with E-state index in [-0.39, 0.29) is 18.6 Å². The number of aliphatic hydroxyl groups is 1. The molecule has 0 radical (unpaired) electrons. The zero-order valence-electron chi connectivity index (χ0n) is 10.3. The van der Waals surface area contributed by atoms with Crippen LogP contribution in [0.2, 0.25) is 0 Å². The first-order valence-corrected chi connectivity index (χ1v) is 7.85. The van der Waals surface area contributed by atoms with Gasteiger partial charge >= 0.3 is 0 Å². The first-order valence-electron chi connectivity index (χ1n) is 6.41. The molecule has 2 fully saturated rings. The maximum Gasteiger partial charge on any atom is 0.279 e. The summed E-state index contributed by atoms with van der Waals surface area (Å²) in [6.07, 6.45) is 4.01. The van der Waals surface area contributed by atoms with E-state index < -0.39 is 10.2 Å². The summed E-state index contributed by atoms with van der Waals surface area (Å²) in [5.74, 6) is 0.611. The number of rotatable bonds is 5. The first-order chi connectivity index (χ1) is 8.03. The highest BCUT2D eigenvalue weighted by atomic mass is 32.2. The van der Waals surface area contributed by atoms with Gasteiger partial charge in [-0.3, -0.25) is 0 Å². The van der Waals surface area contributed by atoms with Crippen molar-refractivity contribution < 1.29 is 13.5 Å². The largest absolute Gasteiger partial charge is 0.396 e. The van der Waals surface area contributed by atoms with Gasteiger partial charge < -0.3 is 5.11 Å². The Morgan fingerprint density at radius 1 is 1.41 bits per heavy atom. The lowest BCUT2D eigenvalue weighted by Crippen LogP contribution is -2.49. The van der Waals surface area contributed by atoms with Crippen molar-refractivity contribution in [2.75, 3.05) is 19.7 Å². The second-order valence-electron chi connectivity index (χ2n) is 5.30. The zero-order valence-corrected chi connectivity index (χ0v) is 11.1. The van der Waals surface area contributed by atoms with Crippen LogP contribution in [0.1, 0.15) is 32.6 Å². The number of aliphatic hydroxyl groups excluding tert-OH is 1. The number of nitrogens with zero attached hydrogens (tertiary/aromatic N) is 1. The van der Waals surface area contributed by atoms with Crippen LogP contribution in [0.4, 0.5) is 0 Å². The normalized spacial score (nSPS) is 29.2. The van der Waals surface area contributed by atoms with Gasteiger partial charge in [0.15, 0.2) is 0 Å². The lowest BCUT2D eigenvalue weighted by Gasteiger charge is -2.31. The van der Waals surface area contributed by atoms with Crippen molar-refractivity contribution in [1.82, 2.24) is 9.03 Å². The average Bonchev–Trinajstić information content (AvgIpc) is 3.12. The second kappa shape index (κ2) is 5.22. The van der Waals surface area contributed by atoms with Crippen molar-refractivity contribution in [2.45, 2.75) is 38.6 Å².